The Labute approximate surface area is 160 Å². The second-order valence-electron chi connectivity index (χ2n) is 6.66. The first-order valence-electron chi connectivity index (χ1n) is 9.48. The van der Waals surface area contributed by atoms with Gasteiger partial charge in [-0.3, -0.25) is 0 Å². The van der Waals surface area contributed by atoms with E-state index in [1.54, 1.807) is 18.2 Å². The van der Waals surface area contributed by atoms with Crippen LogP contribution in [0.25, 0.3) is 10.8 Å². The van der Waals surface area contributed by atoms with Gasteiger partial charge in [0.1, 0.15) is 23.9 Å². The molecular formula is C23H27NO3. The first kappa shape index (κ1) is 19.1. The molecule has 0 aromatic heterocycles. The lowest BCUT2D eigenvalue weighted by molar-refractivity contribution is 0.223. The fourth-order valence-electron chi connectivity index (χ4n) is 3.30. The van der Waals surface area contributed by atoms with E-state index in [1.807, 2.05) is 36.4 Å². The fraction of sp³-hybridized carbons (Fsp3) is 0.304. The van der Waals surface area contributed by atoms with Gasteiger partial charge in [-0.25, -0.2) is 0 Å². The van der Waals surface area contributed by atoms with E-state index in [4.69, 9.17) is 4.74 Å². The quantitative estimate of drug-likeness (QED) is 0.614. The number of fused-ring (bicyclic) bond motifs is 1. The van der Waals surface area contributed by atoms with E-state index in [1.165, 1.54) is 0 Å². The second-order valence-corrected chi connectivity index (χ2v) is 6.66. The average molecular weight is 365 g/mol. The van der Waals surface area contributed by atoms with Crippen molar-refractivity contribution in [2.75, 3.05) is 26.2 Å². The van der Waals surface area contributed by atoms with Gasteiger partial charge in [0.15, 0.2) is 0 Å². The predicted molar refractivity (Wildman–Crippen MR) is 110 cm³/mol. The monoisotopic (exact) mass is 365 g/mol. The molecule has 4 nitrogen and oxygen atoms in total. The Morgan fingerprint density at radius 1 is 0.889 bits per heavy atom. The number of phenols is 2. The van der Waals surface area contributed by atoms with Crippen molar-refractivity contribution in [3.05, 3.63) is 65.7 Å². The smallest absolute Gasteiger partial charge is 0.119 e. The van der Waals surface area contributed by atoms with Gasteiger partial charge in [0.25, 0.3) is 0 Å². The van der Waals surface area contributed by atoms with Crippen LogP contribution in [-0.4, -0.2) is 41.4 Å². The normalized spacial score (nSPS) is 11.2. The molecule has 2 N–H and O–H groups in total. The zero-order valence-corrected chi connectivity index (χ0v) is 16.0. The molecule has 0 saturated carbocycles. The number of hydrogen-bond acceptors (Lipinski definition) is 4. The molecule has 0 amide bonds. The maximum Gasteiger partial charge on any atom is 0.119 e. The number of benzene rings is 3. The summed E-state index contributed by atoms with van der Waals surface area (Å²) in [5.41, 5.74) is 1.96. The predicted octanol–water partition coefficient (Wildman–Crippen LogP) is 4.56. The molecule has 0 atom stereocenters. The Kier molecular flexibility index (Phi) is 6.20. The van der Waals surface area contributed by atoms with Crippen molar-refractivity contribution in [2.24, 2.45) is 0 Å². The van der Waals surface area contributed by atoms with E-state index in [0.29, 0.717) is 13.0 Å². The Bertz CT molecular complexity index is 886. The summed E-state index contributed by atoms with van der Waals surface area (Å²) in [6.45, 7) is 7.97. The summed E-state index contributed by atoms with van der Waals surface area (Å²) in [7, 11) is 0. The summed E-state index contributed by atoms with van der Waals surface area (Å²) < 4.78 is 5.83. The molecular weight excluding hydrogens is 338 g/mol. The Morgan fingerprint density at radius 3 is 2.33 bits per heavy atom. The topological polar surface area (TPSA) is 52.9 Å². The Morgan fingerprint density at radius 2 is 1.63 bits per heavy atom. The molecule has 0 fully saturated rings. The van der Waals surface area contributed by atoms with Crippen molar-refractivity contribution in [3.8, 4) is 17.2 Å². The van der Waals surface area contributed by atoms with Gasteiger partial charge in [-0.1, -0.05) is 38.1 Å². The molecule has 3 aromatic rings. The molecule has 3 rings (SSSR count). The van der Waals surface area contributed by atoms with E-state index in [2.05, 4.69) is 18.7 Å². The highest BCUT2D eigenvalue weighted by atomic mass is 16.5. The zero-order chi connectivity index (χ0) is 19.2. The van der Waals surface area contributed by atoms with E-state index >= 15 is 0 Å². The number of rotatable bonds is 8. The van der Waals surface area contributed by atoms with Crippen molar-refractivity contribution in [1.29, 1.82) is 0 Å². The van der Waals surface area contributed by atoms with E-state index in [-0.39, 0.29) is 11.5 Å². The molecule has 0 spiro atoms. The third kappa shape index (κ3) is 4.72. The van der Waals surface area contributed by atoms with Crippen LogP contribution in [0.4, 0.5) is 0 Å². The van der Waals surface area contributed by atoms with Gasteiger partial charge in [-0.05, 0) is 59.8 Å². The number of phenolic OH excluding ortho intramolecular Hbond substituents is 2. The SMILES string of the molecule is CCN(CC)CCOc1ccc(Cc2c(O)ccc3cc(O)ccc23)cc1. The van der Waals surface area contributed by atoms with Crippen molar-refractivity contribution in [3.63, 3.8) is 0 Å². The summed E-state index contributed by atoms with van der Waals surface area (Å²) >= 11 is 0. The van der Waals surface area contributed by atoms with Gasteiger partial charge < -0.3 is 19.8 Å². The summed E-state index contributed by atoms with van der Waals surface area (Å²) in [4.78, 5) is 2.33. The van der Waals surface area contributed by atoms with Crippen LogP contribution in [0.3, 0.4) is 0 Å². The van der Waals surface area contributed by atoms with E-state index in [9.17, 15) is 10.2 Å². The largest absolute Gasteiger partial charge is 0.508 e. The molecule has 0 heterocycles. The minimum atomic E-state index is 0.227. The van der Waals surface area contributed by atoms with Gasteiger partial charge in [0.2, 0.25) is 0 Å². The highest BCUT2D eigenvalue weighted by Crippen LogP contribution is 2.31. The fourth-order valence-corrected chi connectivity index (χ4v) is 3.30. The van der Waals surface area contributed by atoms with Crippen LogP contribution in [0, 0.1) is 0 Å². The van der Waals surface area contributed by atoms with Crippen molar-refractivity contribution < 1.29 is 14.9 Å². The van der Waals surface area contributed by atoms with Crippen LogP contribution in [-0.2, 0) is 6.42 Å². The maximum absolute atomic E-state index is 10.3. The lowest BCUT2D eigenvalue weighted by atomic mass is 9.97. The minimum Gasteiger partial charge on any atom is -0.508 e. The third-order valence-corrected chi connectivity index (χ3v) is 4.97. The Hall–Kier alpha value is -2.72. The molecule has 27 heavy (non-hydrogen) atoms. The van der Waals surface area contributed by atoms with Gasteiger partial charge in [0.05, 0.1) is 0 Å². The van der Waals surface area contributed by atoms with E-state index < -0.39 is 0 Å². The number of ether oxygens (including phenoxy) is 1. The molecule has 3 aromatic carbocycles. The van der Waals surface area contributed by atoms with Gasteiger partial charge in [0, 0.05) is 18.5 Å². The van der Waals surface area contributed by atoms with Gasteiger partial charge >= 0.3 is 0 Å². The lowest BCUT2D eigenvalue weighted by Crippen LogP contribution is -2.27. The molecule has 0 aliphatic carbocycles. The molecule has 142 valence electrons. The summed E-state index contributed by atoms with van der Waals surface area (Å²) in [5, 5.41) is 21.9. The van der Waals surface area contributed by atoms with Crippen LogP contribution < -0.4 is 4.74 Å². The molecule has 0 saturated heterocycles. The Balaban J connectivity index is 1.70. The number of hydrogen-bond donors (Lipinski definition) is 2. The number of likely N-dealkylation sites (N-methyl/N-ethyl adjacent to an activating group) is 1. The molecule has 0 bridgehead atoms. The molecule has 4 heteroatoms. The third-order valence-electron chi connectivity index (χ3n) is 4.97. The molecule has 0 aliphatic heterocycles. The molecule has 0 aliphatic rings. The number of aromatic hydroxyl groups is 2. The highest BCUT2D eigenvalue weighted by Gasteiger charge is 2.09. The van der Waals surface area contributed by atoms with Crippen molar-refractivity contribution in [1.82, 2.24) is 4.90 Å². The van der Waals surface area contributed by atoms with Crippen molar-refractivity contribution in [2.45, 2.75) is 20.3 Å². The lowest BCUT2D eigenvalue weighted by Gasteiger charge is -2.18. The first-order valence-corrected chi connectivity index (χ1v) is 9.48. The summed E-state index contributed by atoms with van der Waals surface area (Å²) in [5.74, 6) is 1.36. The first-order chi connectivity index (χ1) is 13.1. The molecule has 0 radical (unpaired) electrons. The van der Waals surface area contributed by atoms with Crippen LogP contribution >= 0.6 is 0 Å². The standard InChI is InChI=1S/C23H27NO3/c1-3-24(4-2)13-14-27-20-9-5-17(6-10-20)15-22-21-11-8-19(25)16-18(21)7-12-23(22)26/h5-12,16,25-26H,3-4,13-15H2,1-2H3. The highest BCUT2D eigenvalue weighted by molar-refractivity contribution is 5.89. The van der Waals surface area contributed by atoms with Gasteiger partial charge in [-0.2, -0.15) is 0 Å². The van der Waals surface area contributed by atoms with Crippen LogP contribution in [0.2, 0.25) is 0 Å². The van der Waals surface area contributed by atoms with Crippen LogP contribution in [0.15, 0.2) is 54.6 Å². The summed E-state index contributed by atoms with van der Waals surface area (Å²) in [6.07, 6.45) is 0.619. The summed E-state index contributed by atoms with van der Waals surface area (Å²) in [6, 6.07) is 16.7. The maximum atomic E-state index is 10.3. The van der Waals surface area contributed by atoms with Crippen LogP contribution in [0.1, 0.15) is 25.0 Å². The number of nitrogens with zero attached hydrogens (tertiary/aromatic N) is 1. The van der Waals surface area contributed by atoms with E-state index in [0.717, 1.165) is 47.3 Å². The van der Waals surface area contributed by atoms with Gasteiger partial charge in [-0.15, -0.1) is 0 Å². The van der Waals surface area contributed by atoms with Crippen molar-refractivity contribution >= 4 is 10.8 Å². The zero-order valence-electron chi connectivity index (χ0n) is 16.0. The molecule has 0 unspecified atom stereocenters. The van der Waals surface area contributed by atoms with Crippen LogP contribution in [0.5, 0.6) is 17.2 Å². The average Bonchev–Trinajstić information content (AvgIpc) is 2.68. The minimum absolute atomic E-state index is 0.227. The second kappa shape index (κ2) is 8.78.